The highest BCUT2D eigenvalue weighted by atomic mass is 16.6. The number of fused-ring (bicyclic) bond motifs is 1. The van der Waals surface area contributed by atoms with Gasteiger partial charge in [0.05, 0.1) is 0 Å². The monoisotopic (exact) mass is 341 g/mol. The van der Waals surface area contributed by atoms with E-state index in [-0.39, 0.29) is 6.03 Å². The van der Waals surface area contributed by atoms with E-state index < -0.39 is 0 Å². The van der Waals surface area contributed by atoms with E-state index in [0.717, 1.165) is 28.3 Å². The number of hydrogen-bond acceptors (Lipinski definition) is 4. The summed E-state index contributed by atoms with van der Waals surface area (Å²) >= 11 is 0. The molecule has 2 amide bonds. The molecule has 1 heterocycles. The van der Waals surface area contributed by atoms with Gasteiger partial charge in [-0.05, 0) is 35.4 Å². The summed E-state index contributed by atoms with van der Waals surface area (Å²) in [5.41, 5.74) is 3.15. The lowest BCUT2D eigenvalue weighted by Gasteiger charge is -2.19. The van der Waals surface area contributed by atoms with Gasteiger partial charge in [-0.2, -0.15) is 0 Å². The summed E-state index contributed by atoms with van der Waals surface area (Å²) in [7, 11) is 4.00. The molecule has 2 aromatic carbocycles. The van der Waals surface area contributed by atoms with Crippen LogP contribution in [-0.2, 0) is 13.1 Å². The lowest BCUT2D eigenvalue weighted by atomic mass is 10.2. The van der Waals surface area contributed by atoms with E-state index >= 15 is 0 Å². The minimum absolute atomic E-state index is 0.202. The maximum Gasteiger partial charge on any atom is 0.315 e. The summed E-state index contributed by atoms with van der Waals surface area (Å²) in [5, 5.41) is 5.71. The van der Waals surface area contributed by atoms with Gasteiger partial charge in [0.1, 0.15) is 13.2 Å². The summed E-state index contributed by atoms with van der Waals surface area (Å²) < 4.78 is 11.0. The molecule has 0 fully saturated rings. The maximum absolute atomic E-state index is 12.0. The van der Waals surface area contributed by atoms with Gasteiger partial charge in [0.25, 0.3) is 0 Å². The minimum Gasteiger partial charge on any atom is -0.486 e. The Morgan fingerprint density at radius 2 is 1.52 bits per heavy atom. The average molecular weight is 341 g/mol. The molecular weight excluding hydrogens is 318 g/mol. The number of urea groups is 1. The minimum atomic E-state index is -0.202. The van der Waals surface area contributed by atoms with E-state index in [0.29, 0.717) is 26.3 Å². The summed E-state index contributed by atoms with van der Waals surface area (Å²) in [6.07, 6.45) is 0. The molecule has 6 nitrogen and oxygen atoms in total. The largest absolute Gasteiger partial charge is 0.486 e. The zero-order valence-electron chi connectivity index (χ0n) is 14.5. The molecule has 0 bridgehead atoms. The van der Waals surface area contributed by atoms with E-state index in [1.165, 1.54) is 0 Å². The number of hydrogen-bond donors (Lipinski definition) is 2. The van der Waals surface area contributed by atoms with Crippen LogP contribution in [-0.4, -0.2) is 33.3 Å². The van der Waals surface area contributed by atoms with Crippen molar-refractivity contribution in [3.63, 3.8) is 0 Å². The van der Waals surface area contributed by atoms with Gasteiger partial charge in [-0.1, -0.05) is 18.2 Å². The molecule has 0 aromatic heterocycles. The fourth-order valence-corrected chi connectivity index (χ4v) is 2.54. The lowest BCUT2D eigenvalue weighted by Crippen LogP contribution is -2.34. The van der Waals surface area contributed by atoms with Gasteiger partial charge in [0.15, 0.2) is 11.5 Å². The number of rotatable bonds is 5. The first kappa shape index (κ1) is 17.0. The van der Waals surface area contributed by atoms with Crippen LogP contribution in [0.3, 0.4) is 0 Å². The Kier molecular flexibility index (Phi) is 5.28. The standard InChI is InChI=1S/C19H23N3O3/c1-22(2)16-6-3-14(4-7-16)12-20-19(23)21-13-15-5-8-17-18(11-15)25-10-9-24-17/h3-8,11H,9-10,12-13H2,1-2H3,(H2,20,21,23). The highest BCUT2D eigenvalue weighted by Gasteiger charge is 2.12. The first-order valence-corrected chi connectivity index (χ1v) is 8.28. The number of nitrogens with zero attached hydrogens (tertiary/aromatic N) is 1. The molecule has 2 aromatic rings. The molecular formula is C19H23N3O3. The first-order valence-electron chi connectivity index (χ1n) is 8.28. The van der Waals surface area contributed by atoms with Crippen molar-refractivity contribution < 1.29 is 14.3 Å². The predicted octanol–water partition coefficient (Wildman–Crippen LogP) is 2.52. The first-order chi connectivity index (χ1) is 12.1. The van der Waals surface area contributed by atoms with Crippen LogP contribution in [0.15, 0.2) is 42.5 Å². The van der Waals surface area contributed by atoms with Crippen LogP contribution in [0.25, 0.3) is 0 Å². The van der Waals surface area contributed by atoms with Crippen LogP contribution in [0, 0.1) is 0 Å². The fraction of sp³-hybridized carbons (Fsp3) is 0.316. The molecule has 2 N–H and O–H groups in total. The zero-order valence-corrected chi connectivity index (χ0v) is 14.5. The third-order valence-electron chi connectivity index (χ3n) is 3.97. The Balaban J connectivity index is 1.46. The molecule has 1 aliphatic rings. The quantitative estimate of drug-likeness (QED) is 0.877. The predicted molar refractivity (Wildman–Crippen MR) is 97.3 cm³/mol. The van der Waals surface area contributed by atoms with Crippen LogP contribution in [0.5, 0.6) is 11.5 Å². The smallest absolute Gasteiger partial charge is 0.315 e. The molecule has 3 rings (SSSR count). The number of amides is 2. The number of anilines is 1. The Labute approximate surface area is 147 Å². The highest BCUT2D eigenvalue weighted by Crippen LogP contribution is 2.30. The van der Waals surface area contributed by atoms with Gasteiger partial charge < -0.3 is 25.0 Å². The SMILES string of the molecule is CN(C)c1ccc(CNC(=O)NCc2ccc3c(c2)OCCO3)cc1. The van der Waals surface area contributed by atoms with Gasteiger partial charge in [-0.25, -0.2) is 4.79 Å². The summed E-state index contributed by atoms with van der Waals surface area (Å²) in [4.78, 5) is 14.0. The van der Waals surface area contributed by atoms with E-state index in [4.69, 9.17) is 9.47 Å². The third kappa shape index (κ3) is 4.56. The zero-order chi connectivity index (χ0) is 17.6. The second kappa shape index (κ2) is 7.79. The molecule has 0 unspecified atom stereocenters. The number of carbonyl (C=O) groups is 1. The van der Waals surface area contributed by atoms with Gasteiger partial charge >= 0.3 is 6.03 Å². The normalized spacial score (nSPS) is 12.4. The summed E-state index contributed by atoms with van der Waals surface area (Å²) in [6.45, 7) is 2.04. The molecule has 0 atom stereocenters. The van der Waals surface area contributed by atoms with Gasteiger partial charge in [-0.3, -0.25) is 0 Å². The molecule has 0 radical (unpaired) electrons. The molecule has 25 heavy (non-hydrogen) atoms. The van der Waals surface area contributed by atoms with Crippen LogP contribution in [0.2, 0.25) is 0 Å². The van der Waals surface area contributed by atoms with E-state index in [2.05, 4.69) is 10.6 Å². The molecule has 0 aliphatic carbocycles. The molecule has 0 spiro atoms. The summed E-state index contributed by atoms with van der Waals surface area (Å²) in [6, 6.07) is 13.6. The Morgan fingerprint density at radius 3 is 2.20 bits per heavy atom. The second-order valence-corrected chi connectivity index (χ2v) is 6.08. The Morgan fingerprint density at radius 1 is 0.920 bits per heavy atom. The van der Waals surface area contributed by atoms with Crippen molar-refractivity contribution >= 4 is 11.7 Å². The van der Waals surface area contributed by atoms with Crippen molar-refractivity contribution in [2.24, 2.45) is 0 Å². The van der Waals surface area contributed by atoms with E-state index in [1.807, 2.05) is 61.5 Å². The van der Waals surface area contributed by atoms with Crippen molar-refractivity contribution in [3.8, 4) is 11.5 Å². The van der Waals surface area contributed by atoms with Crippen LogP contribution < -0.4 is 25.0 Å². The van der Waals surface area contributed by atoms with Crippen molar-refractivity contribution in [2.45, 2.75) is 13.1 Å². The van der Waals surface area contributed by atoms with Crippen molar-refractivity contribution in [1.82, 2.24) is 10.6 Å². The molecule has 0 saturated carbocycles. The molecule has 0 saturated heterocycles. The lowest BCUT2D eigenvalue weighted by molar-refractivity contribution is 0.171. The number of ether oxygens (including phenoxy) is 2. The number of benzene rings is 2. The Hall–Kier alpha value is -2.89. The highest BCUT2D eigenvalue weighted by molar-refractivity contribution is 5.73. The topological polar surface area (TPSA) is 62.8 Å². The van der Waals surface area contributed by atoms with Gasteiger partial charge in [0.2, 0.25) is 0 Å². The van der Waals surface area contributed by atoms with E-state index in [1.54, 1.807) is 0 Å². The van der Waals surface area contributed by atoms with Crippen LogP contribution in [0.4, 0.5) is 10.5 Å². The maximum atomic E-state index is 12.0. The average Bonchev–Trinajstić information content (AvgIpc) is 2.65. The van der Waals surface area contributed by atoms with Crippen molar-refractivity contribution in [1.29, 1.82) is 0 Å². The molecule has 1 aliphatic heterocycles. The number of carbonyl (C=O) groups excluding carboxylic acids is 1. The Bertz CT molecular complexity index is 729. The van der Waals surface area contributed by atoms with Gasteiger partial charge in [0, 0.05) is 32.9 Å². The second-order valence-electron chi connectivity index (χ2n) is 6.08. The third-order valence-corrected chi connectivity index (χ3v) is 3.97. The van der Waals surface area contributed by atoms with Gasteiger partial charge in [-0.15, -0.1) is 0 Å². The van der Waals surface area contributed by atoms with Crippen molar-refractivity contribution in [3.05, 3.63) is 53.6 Å². The number of nitrogens with one attached hydrogen (secondary N) is 2. The fourth-order valence-electron chi connectivity index (χ4n) is 2.54. The molecule has 132 valence electrons. The van der Waals surface area contributed by atoms with Crippen LogP contribution >= 0.6 is 0 Å². The van der Waals surface area contributed by atoms with Crippen LogP contribution in [0.1, 0.15) is 11.1 Å². The van der Waals surface area contributed by atoms with E-state index in [9.17, 15) is 4.79 Å². The summed E-state index contributed by atoms with van der Waals surface area (Å²) in [5.74, 6) is 1.48. The van der Waals surface area contributed by atoms with Crippen molar-refractivity contribution in [2.75, 3.05) is 32.2 Å². The molecule has 6 heteroatoms.